The summed E-state index contributed by atoms with van der Waals surface area (Å²) in [7, 11) is 0. The maximum absolute atomic E-state index is 10.7. The van der Waals surface area contributed by atoms with Crippen molar-refractivity contribution >= 4 is 11.8 Å². The number of thioether (sulfide) groups is 1. The molecule has 1 aliphatic heterocycles. The number of hydrogen-bond acceptors (Lipinski definition) is 3. The van der Waals surface area contributed by atoms with Crippen molar-refractivity contribution in [2.24, 2.45) is 10.8 Å². The van der Waals surface area contributed by atoms with Crippen LogP contribution in [0.1, 0.15) is 39.5 Å². The van der Waals surface area contributed by atoms with Gasteiger partial charge in [0.25, 0.3) is 0 Å². The first-order chi connectivity index (χ1) is 6.93. The van der Waals surface area contributed by atoms with Crippen molar-refractivity contribution in [3.8, 4) is 0 Å². The predicted molar refractivity (Wildman–Crippen MR) is 64.0 cm³/mol. The van der Waals surface area contributed by atoms with Crippen LogP contribution in [0.5, 0.6) is 0 Å². The quantitative estimate of drug-likeness (QED) is 0.762. The average Bonchev–Trinajstić information content (AvgIpc) is 2.14. The molecule has 2 rings (SSSR count). The molecule has 2 aliphatic rings. The van der Waals surface area contributed by atoms with Crippen LogP contribution < -0.4 is 0 Å². The van der Waals surface area contributed by atoms with Gasteiger partial charge in [0.1, 0.15) is 0 Å². The molecule has 1 saturated heterocycles. The molecule has 1 aliphatic carbocycles. The highest BCUT2D eigenvalue weighted by atomic mass is 32.2. The second-order valence-electron chi connectivity index (χ2n) is 6.14. The lowest BCUT2D eigenvalue weighted by atomic mass is 9.48. The summed E-state index contributed by atoms with van der Waals surface area (Å²) in [6, 6.07) is 0. The van der Waals surface area contributed by atoms with Crippen LogP contribution in [0.3, 0.4) is 0 Å². The molecular formula is C12H22O2S. The van der Waals surface area contributed by atoms with Crippen molar-refractivity contribution in [3.05, 3.63) is 0 Å². The van der Waals surface area contributed by atoms with Crippen LogP contribution in [-0.2, 0) is 0 Å². The number of hydrogen-bond donors (Lipinski definition) is 2. The van der Waals surface area contributed by atoms with Gasteiger partial charge in [0.2, 0.25) is 0 Å². The van der Waals surface area contributed by atoms with Crippen molar-refractivity contribution in [3.63, 3.8) is 0 Å². The summed E-state index contributed by atoms with van der Waals surface area (Å²) in [6.07, 6.45) is 3.89. The second kappa shape index (κ2) is 3.64. The zero-order chi connectivity index (χ0) is 11.2. The van der Waals surface area contributed by atoms with Crippen molar-refractivity contribution in [2.45, 2.75) is 45.1 Å². The first kappa shape index (κ1) is 11.7. The van der Waals surface area contributed by atoms with Gasteiger partial charge in [-0.2, -0.15) is 11.8 Å². The summed E-state index contributed by atoms with van der Waals surface area (Å²) in [5.41, 5.74) is -0.509. The van der Waals surface area contributed by atoms with Crippen molar-refractivity contribution < 1.29 is 10.2 Å². The molecule has 0 amide bonds. The van der Waals surface area contributed by atoms with E-state index in [4.69, 9.17) is 0 Å². The standard InChI is InChI=1S/C12H22O2S/c1-10(2)6-11(7-10,8-13)12(14)4-3-5-15-9-12/h13-14H,3-9H2,1-2H3. The molecule has 88 valence electrons. The fourth-order valence-corrected chi connectivity index (χ4v) is 4.85. The Balaban J connectivity index is 2.13. The summed E-state index contributed by atoms with van der Waals surface area (Å²) in [5.74, 6) is 1.97. The Kier molecular flexibility index (Phi) is 2.85. The fraction of sp³-hybridized carbons (Fsp3) is 1.00. The summed E-state index contributed by atoms with van der Waals surface area (Å²) in [4.78, 5) is 0. The Morgan fingerprint density at radius 2 is 1.93 bits per heavy atom. The Hall–Kier alpha value is 0.270. The van der Waals surface area contributed by atoms with Crippen LogP contribution in [0.4, 0.5) is 0 Å². The molecule has 0 bridgehead atoms. The highest BCUT2D eigenvalue weighted by Crippen LogP contribution is 2.61. The molecule has 0 radical (unpaired) electrons. The molecule has 1 atom stereocenters. The molecule has 2 N–H and O–H groups in total. The summed E-state index contributed by atoms with van der Waals surface area (Å²) in [6.45, 7) is 4.59. The highest BCUT2D eigenvalue weighted by Gasteiger charge is 2.60. The monoisotopic (exact) mass is 230 g/mol. The van der Waals surface area contributed by atoms with E-state index in [0.717, 1.165) is 37.2 Å². The van der Waals surface area contributed by atoms with Gasteiger partial charge in [0.15, 0.2) is 0 Å². The first-order valence-electron chi connectivity index (χ1n) is 5.84. The van der Waals surface area contributed by atoms with E-state index < -0.39 is 5.60 Å². The smallest absolute Gasteiger partial charge is 0.0816 e. The lowest BCUT2D eigenvalue weighted by molar-refractivity contribution is -0.189. The van der Waals surface area contributed by atoms with E-state index in [1.165, 1.54) is 0 Å². The van der Waals surface area contributed by atoms with E-state index in [-0.39, 0.29) is 12.0 Å². The maximum atomic E-state index is 10.7. The van der Waals surface area contributed by atoms with Crippen LogP contribution in [0.15, 0.2) is 0 Å². The minimum atomic E-state index is -0.611. The Morgan fingerprint density at radius 3 is 2.33 bits per heavy atom. The molecule has 1 heterocycles. The predicted octanol–water partition coefficient (Wildman–Crippen LogP) is 2.04. The number of aliphatic hydroxyl groups is 2. The fourth-order valence-electron chi connectivity index (χ4n) is 3.57. The van der Waals surface area contributed by atoms with Gasteiger partial charge in [-0.25, -0.2) is 0 Å². The molecule has 2 fully saturated rings. The molecule has 0 spiro atoms. The normalized spacial score (nSPS) is 38.4. The topological polar surface area (TPSA) is 40.5 Å². The van der Waals surface area contributed by atoms with E-state index in [9.17, 15) is 10.2 Å². The van der Waals surface area contributed by atoms with Gasteiger partial charge in [0, 0.05) is 11.2 Å². The SMILES string of the molecule is CC1(C)CC(CO)(C2(O)CCCSC2)C1. The third kappa shape index (κ3) is 1.83. The summed E-state index contributed by atoms with van der Waals surface area (Å²) < 4.78 is 0. The van der Waals surface area contributed by atoms with E-state index in [1.807, 2.05) is 11.8 Å². The van der Waals surface area contributed by atoms with E-state index in [1.54, 1.807) is 0 Å². The third-order valence-electron chi connectivity index (χ3n) is 4.14. The first-order valence-corrected chi connectivity index (χ1v) is 7.00. The minimum Gasteiger partial charge on any atom is -0.396 e. The average molecular weight is 230 g/mol. The van der Waals surface area contributed by atoms with E-state index in [0.29, 0.717) is 5.41 Å². The molecule has 0 aromatic carbocycles. The van der Waals surface area contributed by atoms with Crippen LogP contribution >= 0.6 is 11.8 Å². The molecule has 1 saturated carbocycles. The molecule has 3 heteroatoms. The van der Waals surface area contributed by atoms with Crippen LogP contribution in [0.2, 0.25) is 0 Å². The van der Waals surface area contributed by atoms with Gasteiger partial charge in [0.05, 0.1) is 12.2 Å². The lowest BCUT2D eigenvalue weighted by Crippen LogP contribution is -2.62. The molecule has 15 heavy (non-hydrogen) atoms. The van der Waals surface area contributed by atoms with Crippen LogP contribution in [-0.4, -0.2) is 33.9 Å². The van der Waals surface area contributed by atoms with Crippen LogP contribution in [0, 0.1) is 10.8 Å². The van der Waals surface area contributed by atoms with Gasteiger partial charge in [-0.05, 0) is 36.9 Å². The van der Waals surface area contributed by atoms with E-state index >= 15 is 0 Å². The summed E-state index contributed by atoms with van der Waals surface area (Å²) >= 11 is 1.83. The van der Waals surface area contributed by atoms with Gasteiger partial charge in [-0.3, -0.25) is 0 Å². The largest absolute Gasteiger partial charge is 0.396 e. The molecule has 0 aromatic rings. The zero-order valence-electron chi connectivity index (χ0n) is 9.75. The van der Waals surface area contributed by atoms with Gasteiger partial charge in [-0.1, -0.05) is 13.8 Å². The van der Waals surface area contributed by atoms with E-state index in [2.05, 4.69) is 13.8 Å². The Bertz CT molecular complexity index is 236. The molecule has 0 aromatic heterocycles. The van der Waals surface area contributed by atoms with Crippen LogP contribution in [0.25, 0.3) is 0 Å². The van der Waals surface area contributed by atoms with Gasteiger partial charge in [-0.15, -0.1) is 0 Å². The number of aliphatic hydroxyl groups excluding tert-OH is 1. The molecule has 2 nitrogen and oxygen atoms in total. The van der Waals surface area contributed by atoms with Crippen molar-refractivity contribution in [1.82, 2.24) is 0 Å². The highest BCUT2D eigenvalue weighted by molar-refractivity contribution is 7.99. The summed E-state index contributed by atoms with van der Waals surface area (Å²) in [5, 5.41) is 20.3. The maximum Gasteiger partial charge on any atom is 0.0816 e. The van der Waals surface area contributed by atoms with Gasteiger partial charge < -0.3 is 10.2 Å². The Labute approximate surface area is 96.5 Å². The van der Waals surface area contributed by atoms with Crippen molar-refractivity contribution in [2.75, 3.05) is 18.1 Å². The Morgan fingerprint density at radius 1 is 1.27 bits per heavy atom. The molecular weight excluding hydrogens is 208 g/mol. The van der Waals surface area contributed by atoms with Crippen molar-refractivity contribution in [1.29, 1.82) is 0 Å². The second-order valence-corrected chi connectivity index (χ2v) is 7.25. The molecule has 1 unspecified atom stereocenters. The number of rotatable bonds is 2. The minimum absolute atomic E-state index is 0.146. The van der Waals surface area contributed by atoms with Gasteiger partial charge >= 0.3 is 0 Å². The third-order valence-corrected chi connectivity index (χ3v) is 5.40. The lowest BCUT2D eigenvalue weighted by Gasteiger charge is -2.60. The zero-order valence-corrected chi connectivity index (χ0v) is 10.6.